The van der Waals surface area contributed by atoms with Gasteiger partial charge in [0.25, 0.3) is 11.6 Å². The monoisotopic (exact) mass is 348 g/mol. The number of carbonyl (C=O) groups is 1. The van der Waals surface area contributed by atoms with Gasteiger partial charge in [-0.25, -0.2) is 0 Å². The van der Waals surface area contributed by atoms with E-state index in [2.05, 4.69) is 5.32 Å². The van der Waals surface area contributed by atoms with Gasteiger partial charge in [0.05, 0.1) is 22.2 Å². The van der Waals surface area contributed by atoms with Gasteiger partial charge in [0.15, 0.2) is 0 Å². The maximum atomic E-state index is 12.3. The lowest BCUT2D eigenvalue weighted by Gasteiger charge is -2.11. The fraction of sp³-hybridized carbons (Fsp3) is 0.235. The fourth-order valence-electron chi connectivity index (χ4n) is 1.90. The molecular weight excluding hydrogens is 332 g/mol. The molecule has 6 nitrogen and oxygen atoms in total. The molecule has 126 valence electrons. The average molecular weight is 349 g/mol. The van der Waals surface area contributed by atoms with Crippen molar-refractivity contribution in [1.82, 2.24) is 0 Å². The van der Waals surface area contributed by atoms with Gasteiger partial charge in [-0.1, -0.05) is 31.5 Å². The van der Waals surface area contributed by atoms with E-state index in [1.165, 1.54) is 18.2 Å². The highest BCUT2D eigenvalue weighted by molar-refractivity contribution is 6.34. The van der Waals surface area contributed by atoms with E-state index in [-0.39, 0.29) is 16.6 Å². The first-order valence-corrected chi connectivity index (χ1v) is 7.72. The van der Waals surface area contributed by atoms with E-state index in [1.54, 1.807) is 24.3 Å². The van der Waals surface area contributed by atoms with Crippen molar-refractivity contribution in [1.29, 1.82) is 0 Å². The molecule has 0 fully saturated rings. The zero-order valence-corrected chi connectivity index (χ0v) is 14.0. The van der Waals surface area contributed by atoms with Crippen LogP contribution in [0.5, 0.6) is 5.75 Å². The lowest BCUT2D eigenvalue weighted by atomic mass is 10.2. The van der Waals surface area contributed by atoms with Gasteiger partial charge in [-0.15, -0.1) is 0 Å². The Balaban J connectivity index is 2.12. The van der Waals surface area contributed by atoms with Crippen LogP contribution in [0.15, 0.2) is 42.5 Å². The molecule has 0 heterocycles. The van der Waals surface area contributed by atoms with Gasteiger partial charge in [-0.3, -0.25) is 14.9 Å². The Morgan fingerprint density at radius 3 is 2.67 bits per heavy atom. The summed E-state index contributed by atoms with van der Waals surface area (Å²) < 4.78 is 5.59. The summed E-state index contributed by atoms with van der Waals surface area (Å²) in [7, 11) is 0. The first-order valence-electron chi connectivity index (χ1n) is 7.35. The molecule has 0 unspecified atom stereocenters. The quantitative estimate of drug-likeness (QED) is 0.614. The van der Waals surface area contributed by atoms with Crippen LogP contribution < -0.4 is 10.1 Å². The zero-order chi connectivity index (χ0) is 17.7. The van der Waals surface area contributed by atoms with E-state index in [4.69, 9.17) is 16.3 Å². The van der Waals surface area contributed by atoms with Crippen LogP contribution in [-0.4, -0.2) is 17.4 Å². The Hall–Kier alpha value is -2.60. The second kappa shape index (κ2) is 7.79. The predicted octanol–water partition coefficient (Wildman–Crippen LogP) is 4.54. The minimum absolute atomic E-state index is 0.102. The number of halogens is 1. The number of nitro benzene ring substituents is 1. The van der Waals surface area contributed by atoms with Crippen LogP contribution in [0.4, 0.5) is 11.4 Å². The fourth-order valence-corrected chi connectivity index (χ4v) is 2.13. The molecule has 7 heteroatoms. The standard InChI is InChI=1S/C17H17ClN2O4/c1-11(2)10-24-14-5-3-4-12(8-14)17(21)19-16-7-6-13(20(22)23)9-15(16)18/h3-9,11H,10H2,1-2H3,(H,19,21). The molecule has 0 aliphatic heterocycles. The number of rotatable bonds is 6. The number of non-ortho nitro benzene ring substituents is 1. The number of nitro groups is 1. The lowest BCUT2D eigenvalue weighted by Crippen LogP contribution is -2.13. The van der Waals surface area contributed by atoms with Crippen molar-refractivity contribution in [2.45, 2.75) is 13.8 Å². The number of hydrogen-bond acceptors (Lipinski definition) is 4. The van der Waals surface area contributed by atoms with Gasteiger partial charge < -0.3 is 10.1 Å². The van der Waals surface area contributed by atoms with Crippen molar-refractivity contribution >= 4 is 28.9 Å². The van der Waals surface area contributed by atoms with Crippen LogP contribution in [0.2, 0.25) is 5.02 Å². The number of ether oxygens (including phenoxy) is 1. The number of anilines is 1. The molecule has 0 bridgehead atoms. The molecule has 24 heavy (non-hydrogen) atoms. The van der Waals surface area contributed by atoms with Gasteiger partial charge in [-0.05, 0) is 30.2 Å². The van der Waals surface area contributed by atoms with Crippen molar-refractivity contribution in [3.8, 4) is 5.75 Å². The molecule has 2 rings (SSSR count). The number of nitrogens with one attached hydrogen (secondary N) is 1. The summed E-state index contributed by atoms with van der Waals surface area (Å²) in [6.45, 7) is 4.62. The Labute approximate surface area is 144 Å². The molecule has 2 aromatic rings. The second-order valence-corrected chi connectivity index (χ2v) is 6.02. The largest absolute Gasteiger partial charge is 0.493 e. The first-order chi connectivity index (χ1) is 11.4. The molecule has 0 aliphatic rings. The van der Waals surface area contributed by atoms with Crippen LogP contribution >= 0.6 is 11.6 Å². The normalized spacial score (nSPS) is 10.5. The zero-order valence-electron chi connectivity index (χ0n) is 13.3. The minimum Gasteiger partial charge on any atom is -0.493 e. The van der Waals surface area contributed by atoms with E-state index in [9.17, 15) is 14.9 Å². The molecule has 2 aromatic carbocycles. The molecule has 1 N–H and O–H groups in total. The second-order valence-electron chi connectivity index (χ2n) is 5.61. The number of nitrogens with zero attached hydrogens (tertiary/aromatic N) is 1. The Bertz CT molecular complexity index is 762. The van der Waals surface area contributed by atoms with E-state index in [1.807, 2.05) is 13.8 Å². The SMILES string of the molecule is CC(C)COc1cccc(C(=O)Nc2ccc([N+](=O)[O-])cc2Cl)c1. The molecule has 0 aliphatic carbocycles. The van der Waals surface area contributed by atoms with Crippen LogP contribution in [0, 0.1) is 16.0 Å². The number of carbonyl (C=O) groups excluding carboxylic acids is 1. The lowest BCUT2D eigenvalue weighted by molar-refractivity contribution is -0.384. The highest BCUT2D eigenvalue weighted by atomic mass is 35.5. The van der Waals surface area contributed by atoms with Crippen LogP contribution in [0.1, 0.15) is 24.2 Å². The summed E-state index contributed by atoms with van der Waals surface area (Å²) in [4.78, 5) is 22.5. The summed E-state index contributed by atoms with van der Waals surface area (Å²) in [6, 6.07) is 10.7. The molecule has 0 saturated carbocycles. The van der Waals surface area contributed by atoms with Gasteiger partial charge in [0.1, 0.15) is 5.75 Å². The summed E-state index contributed by atoms with van der Waals surface area (Å²) in [5.74, 6) is 0.605. The summed E-state index contributed by atoms with van der Waals surface area (Å²) in [6.07, 6.45) is 0. The maximum absolute atomic E-state index is 12.3. The van der Waals surface area contributed by atoms with E-state index >= 15 is 0 Å². The van der Waals surface area contributed by atoms with Gasteiger partial charge in [0.2, 0.25) is 0 Å². The smallest absolute Gasteiger partial charge is 0.271 e. The van der Waals surface area contributed by atoms with Crippen LogP contribution in [0.25, 0.3) is 0 Å². The average Bonchev–Trinajstić information content (AvgIpc) is 2.54. The van der Waals surface area contributed by atoms with Crippen LogP contribution in [-0.2, 0) is 0 Å². The Kier molecular flexibility index (Phi) is 5.76. The van der Waals surface area contributed by atoms with Crippen molar-refractivity contribution in [2.75, 3.05) is 11.9 Å². The summed E-state index contributed by atoms with van der Waals surface area (Å²) >= 11 is 5.98. The highest BCUT2D eigenvalue weighted by Crippen LogP contribution is 2.27. The number of benzene rings is 2. The third-order valence-corrected chi connectivity index (χ3v) is 3.40. The number of hydrogen-bond donors (Lipinski definition) is 1. The van der Waals surface area contributed by atoms with Gasteiger partial charge in [-0.2, -0.15) is 0 Å². The van der Waals surface area contributed by atoms with E-state index in [0.717, 1.165) is 0 Å². The van der Waals surface area contributed by atoms with Crippen molar-refractivity contribution < 1.29 is 14.5 Å². The van der Waals surface area contributed by atoms with Gasteiger partial charge in [0, 0.05) is 17.7 Å². The third-order valence-electron chi connectivity index (χ3n) is 3.09. The van der Waals surface area contributed by atoms with Crippen molar-refractivity contribution in [2.24, 2.45) is 5.92 Å². The molecule has 0 aromatic heterocycles. The Morgan fingerprint density at radius 2 is 2.04 bits per heavy atom. The summed E-state index contributed by atoms with van der Waals surface area (Å²) in [5, 5.41) is 13.4. The molecule has 0 radical (unpaired) electrons. The molecule has 1 amide bonds. The summed E-state index contributed by atoms with van der Waals surface area (Å²) in [5.41, 5.74) is 0.577. The number of amides is 1. The molecular formula is C17H17ClN2O4. The van der Waals surface area contributed by atoms with Crippen molar-refractivity contribution in [3.05, 3.63) is 63.2 Å². The van der Waals surface area contributed by atoms with E-state index < -0.39 is 4.92 Å². The molecule has 0 atom stereocenters. The molecule has 0 spiro atoms. The van der Waals surface area contributed by atoms with Crippen molar-refractivity contribution in [3.63, 3.8) is 0 Å². The minimum atomic E-state index is -0.549. The first kappa shape index (κ1) is 17.7. The maximum Gasteiger partial charge on any atom is 0.271 e. The van der Waals surface area contributed by atoms with Crippen LogP contribution in [0.3, 0.4) is 0 Å². The predicted molar refractivity (Wildman–Crippen MR) is 92.8 cm³/mol. The van der Waals surface area contributed by atoms with Gasteiger partial charge >= 0.3 is 0 Å². The van der Waals surface area contributed by atoms with E-state index in [0.29, 0.717) is 29.5 Å². The topological polar surface area (TPSA) is 81.5 Å². The Morgan fingerprint density at radius 1 is 1.29 bits per heavy atom. The highest BCUT2D eigenvalue weighted by Gasteiger charge is 2.13. The molecule has 0 saturated heterocycles. The third kappa shape index (κ3) is 4.70.